The van der Waals surface area contributed by atoms with Gasteiger partial charge in [0, 0.05) is 29.6 Å². The van der Waals surface area contributed by atoms with Gasteiger partial charge in [-0.25, -0.2) is 0 Å². The van der Waals surface area contributed by atoms with Crippen molar-refractivity contribution in [2.24, 2.45) is 0 Å². The fraction of sp³-hybridized carbons (Fsp3) is 0.222. The number of nitrogens with zero attached hydrogens (tertiary/aromatic N) is 1. The lowest BCUT2D eigenvalue weighted by atomic mass is 10.0. The van der Waals surface area contributed by atoms with Gasteiger partial charge < -0.3 is 8.60 Å². The molecule has 6 nitrogen and oxygen atoms in total. The van der Waals surface area contributed by atoms with Gasteiger partial charge in [-0.2, -0.15) is 8.42 Å². The van der Waals surface area contributed by atoms with Crippen LogP contribution < -0.4 is 9.61 Å². The Morgan fingerprint density at radius 2 is 1.88 bits per heavy atom. The van der Waals surface area contributed by atoms with Crippen molar-refractivity contribution < 1.29 is 17.0 Å². The molecule has 0 unspecified atom stereocenters. The van der Waals surface area contributed by atoms with E-state index in [4.69, 9.17) is 8.60 Å². The molecule has 1 aromatic carbocycles. The molecule has 3 rings (SSSR count). The molecular formula is C18H17NO5S. The van der Waals surface area contributed by atoms with E-state index in [9.17, 15) is 13.2 Å². The van der Waals surface area contributed by atoms with Crippen LogP contribution >= 0.6 is 0 Å². The van der Waals surface area contributed by atoms with Crippen LogP contribution in [-0.2, 0) is 16.5 Å². The maximum absolute atomic E-state index is 12.5. The van der Waals surface area contributed by atoms with Gasteiger partial charge in [-0.1, -0.05) is 13.3 Å². The van der Waals surface area contributed by atoms with Gasteiger partial charge in [0.25, 0.3) is 0 Å². The lowest BCUT2D eigenvalue weighted by molar-refractivity contribution is 0.488. The van der Waals surface area contributed by atoms with Gasteiger partial charge in [0.15, 0.2) is 5.43 Å². The van der Waals surface area contributed by atoms with Gasteiger partial charge in [-0.3, -0.25) is 9.78 Å². The minimum atomic E-state index is -3.69. The zero-order valence-corrected chi connectivity index (χ0v) is 14.7. The molecule has 2 aromatic heterocycles. The molecule has 130 valence electrons. The molecule has 0 N–H and O–H groups in total. The fourth-order valence-corrected chi connectivity index (χ4v) is 3.13. The van der Waals surface area contributed by atoms with Crippen molar-refractivity contribution in [3.63, 3.8) is 0 Å². The second kappa shape index (κ2) is 6.68. The molecular weight excluding hydrogens is 342 g/mol. The van der Waals surface area contributed by atoms with E-state index >= 15 is 0 Å². The van der Waals surface area contributed by atoms with Crippen LogP contribution in [0.4, 0.5) is 0 Å². The van der Waals surface area contributed by atoms with E-state index in [1.54, 1.807) is 24.5 Å². The van der Waals surface area contributed by atoms with E-state index in [2.05, 4.69) is 4.98 Å². The quantitative estimate of drug-likeness (QED) is 0.651. The summed E-state index contributed by atoms with van der Waals surface area (Å²) in [5, 5.41) is 0.391. The summed E-state index contributed by atoms with van der Waals surface area (Å²) < 4.78 is 34.1. The summed E-state index contributed by atoms with van der Waals surface area (Å²) in [6.07, 6.45) is 5.45. The first kappa shape index (κ1) is 17.2. The van der Waals surface area contributed by atoms with E-state index in [0.717, 1.165) is 12.7 Å². The maximum Gasteiger partial charge on any atom is 0.306 e. The lowest BCUT2D eigenvalue weighted by Gasteiger charge is -2.12. The number of aromatic nitrogens is 1. The third-order valence-electron chi connectivity index (χ3n) is 3.66. The fourth-order valence-electron chi connectivity index (χ4n) is 2.64. The highest BCUT2D eigenvalue weighted by atomic mass is 32.2. The third-order valence-corrected chi connectivity index (χ3v) is 4.15. The Morgan fingerprint density at radius 1 is 1.16 bits per heavy atom. The van der Waals surface area contributed by atoms with Gasteiger partial charge >= 0.3 is 10.1 Å². The number of benzene rings is 1. The Balaban J connectivity index is 2.29. The monoisotopic (exact) mass is 359 g/mol. The van der Waals surface area contributed by atoms with Crippen molar-refractivity contribution >= 4 is 21.1 Å². The predicted molar refractivity (Wildman–Crippen MR) is 95.2 cm³/mol. The molecule has 0 spiro atoms. The van der Waals surface area contributed by atoms with Crippen LogP contribution in [-0.4, -0.2) is 19.7 Å². The van der Waals surface area contributed by atoms with Crippen LogP contribution in [0.3, 0.4) is 0 Å². The average Bonchev–Trinajstić information content (AvgIpc) is 2.56. The molecule has 0 saturated heterocycles. The summed E-state index contributed by atoms with van der Waals surface area (Å²) in [5.41, 5.74) is 1.43. The molecule has 0 saturated carbocycles. The molecule has 0 radical (unpaired) electrons. The molecule has 0 bridgehead atoms. The average molecular weight is 359 g/mol. The summed E-state index contributed by atoms with van der Waals surface area (Å²) in [7, 11) is -3.69. The zero-order valence-electron chi connectivity index (χ0n) is 13.9. The van der Waals surface area contributed by atoms with Gasteiger partial charge in [-0.15, -0.1) is 0 Å². The molecule has 0 aliphatic rings. The topological polar surface area (TPSA) is 86.5 Å². The third kappa shape index (κ3) is 3.71. The normalized spacial score (nSPS) is 11.6. The van der Waals surface area contributed by atoms with E-state index in [1.165, 1.54) is 18.2 Å². The number of aryl methyl sites for hydroxylation is 1. The number of fused-ring (bicyclic) bond motifs is 1. The van der Waals surface area contributed by atoms with Crippen molar-refractivity contribution in [3.05, 3.63) is 58.5 Å². The van der Waals surface area contributed by atoms with Gasteiger partial charge in [0.1, 0.15) is 17.1 Å². The second-order valence-corrected chi connectivity index (χ2v) is 7.24. The highest BCUT2D eigenvalue weighted by molar-refractivity contribution is 7.86. The van der Waals surface area contributed by atoms with E-state index < -0.39 is 10.1 Å². The summed E-state index contributed by atoms with van der Waals surface area (Å²) in [6, 6.07) is 7.92. The first-order valence-electron chi connectivity index (χ1n) is 7.78. The first-order valence-corrected chi connectivity index (χ1v) is 9.60. The number of rotatable bonds is 5. The Hall–Kier alpha value is -2.67. The number of pyridine rings is 1. The van der Waals surface area contributed by atoms with Gasteiger partial charge in [0.2, 0.25) is 0 Å². The summed E-state index contributed by atoms with van der Waals surface area (Å²) in [4.78, 5) is 16.4. The SMILES string of the molecule is CCCc1c(OS(C)(=O)=O)ccc2c(=O)cc(-c3ccncc3)oc12. The minimum Gasteiger partial charge on any atom is -0.455 e. The first-order chi connectivity index (χ1) is 11.9. The number of hydrogen-bond acceptors (Lipinski definition) is 6. The van der Waals surface area contributed by atoms with Crippen LogP contribution in [0.15, 0.2) is 51.9 Å². The lowest BCUT2D eigenvalue weighted by Crippen LogP contribution is -2.09. The Kier molecular flexibility index (Phi) is 4.59. The van der Waals surface area contributed by atoms with Crippen LogP contribution in [0.5, 0.6) is 5.75 Å². The van der Waals surface area contributed by atoms with E-state index in [0.29, 0.717) is 34.3 Å². The van der Waals surface area contributed by atoms with Crippen LogP contribution in [0, 0.1) is 0 Å². The zero-order chi connectivity index (χ0) is 18.0. The van der Waals surface area contributed by atoms with Crippen molar-refractivity contribution in [2.45, 2.75) is 19.8 Å². The Morgan fingerprint density at radius 3 is 2.52 bits per heavy atom. The largest absolute Gasteiger partial charge is 0.455 e. The summed E-state index contributed by atoms with van der Waals surface area (Å²) in [6.45, 7) is 1.95. The minimum absolute atomic E-state index is 0.187. The molecule has 25 heavy (non-hydrogen) atoms. The van der Waals surface area contributed by atoms with Crippen LogP contribution in [0.2, 0.25) is 0 Å². The van der Waals surface area contributed by atoms with Crippen molar-refractivity contribution in [1.82, 2.24) is 4.98 Å². The van der Waals surface area contributed by atoms with Gasteiger partial charge in [0.05, 0.1) is 11.6 Å². The van der Waals surface area contributed by atoms with Gasteiger partial charge in [-0.05, 0) is 30.7 Å². The Bertz CT molecular complexity index is 1070. The smallest absolute Gasteiger partial charge is 0.306 e. The standard InChI is InChI=1S/C18H17NO5S/c1-3-4-14-16(24-25(2,21)22)6-5-13-15(20)11-17(23-18(13)14)12-7-9-19-10-8-12/h5-11H,3-4H2,1-2H3. The van der Waals surface area contributed by atoms with Crippen LogP contribution in [0.1, 0.15) is 18.9 Å². The highest BCUT2D eigenvalue weighted by Crippen LogP contribution is 2.31. The summed E-state index contributed by atoms with van der Waals surface area (Å²) in [5.74, 6) is 0.584. The molecule has 0 atom stereocenters. The Labute approximate surface area is 145 Å². The molecule has 0 aliphatic heterocycles. The van der Waals surface area contributed by atoms with E-state index in [1.807, 2.05) is 6.92 Å². The molecule has 0 aliphatic carbocycles. The predicted octanol–water partition coefficient (Wildman–Crippen LogP) is 3.15. The highest BCUT2D eigenvalue weighted by Gasteiger charge is 2.17. The van der Waals surface area contributed by atoms with Crippen molar-refractivity contribution in [1.29, 1.82) is 0 Å². The van der Waals surface area contributed by atoms with E-state index in [-0.39, 0.29) is 11.2 Å². The summed E-state index contributed by atoms with van der Waals surface area (Å²) >= 11 is 0. The van der Waals surface area contributed by atoms with Crippen LogP contribution in [0.25, 0.3) is 22.3 Å². The molecule has 7 heteroatoms. The molecule has 2 heterocycles. The number of hydrogen-bond donors (Lipinski definition) is 0. The molecule has 0 fully saturated rings. The second-order valence-electron chi connectivity index (χ2n) is 5.67. The molecule has 3 aromatic rings. The molecule has 0 amide bonds. The maximum atomic E-state index is 12.5. The van der Waals surface area contributed by atoms with Crippen molar-refractivity contribution in [2.75, 3.05) is 6.26 Å². The van der Waals surface area contributed by atoms with Crippen molar-refractivity contribution in [3.8, 4) is 17.1 Å².